The fourth-order valence-electron chi connectivity index (χ4n) is 1.10. The fourth-order valence-corrected chi connectivity index (χ4v) is 1.10. The van der Waals surface area contributed by atoms with Crippen LogP contribution in [0, 0.1) is 0 Å². The van der Waals surface area contributed by atoms with Crippen LogP contribution in [0.25, 0.3) is 0 Å². The van der Waals surface area contributed by atoms with Gasteiger partial charge in [0.1, 0.15) is 0 Å². The maximum atomic E-state index is 11.1. The molecule has 0 bridgehead atoms. The van der Waals surface area contributed by atoms with Crippen LogP contribution in [-0.2, 0) is 14.3 Å². The van der Waals surface area contributed by atoms with E-state index in [0.717, 1.165) is 6.42 Å². The molecule has 1 atom stereocenters. The van der Waals surface area contributed by atoms with Gasteiger partial charge in [-0.25, -0.2) is 0 Å². The highest BCUT2D eigenvalue weighted by Gasteiger charge is 2.20. The zero-order valence-corrected chi connectivity index (χ0v) is 11.3. The van der Waals surface area contributed by atoms with Gasteiger partial charge in [0.2, 0.25) is 0 Å². The number of hydrogen-bond acceptors (Lipinski definition) is 6. The highest BCUT2D eigenvalue weighted by molar-refractivity contribution is 5.69. The molecular formula is C12H24O6. The molecule has 0 radical (unpaired) electrons. The van der Waals surface area contributed by atoms with Gasteiger partial charge in [0.15, 0.2) is 12.6 Å². The normalized spacial score (nSPS) is 13.7. The molecule has 0 aromatic rings. The van der Waals surface area contributed by atoms with Crippen LogP contribution in [0.1, 0.15) is 46.5 Å². The summed E-state index contributed by atoms with van der Waals surface area (Å²) >= 11 is 0. The average molecular weight is 264 g/mol. The van der Waals surface area contributed by atoms with Crippen LogP contribution >= 0.6 is 0 Å². The first-order chi connectivity index (χ1) is 8.26. The third kappa shape index (κ3) is 9.35. The zero-order valence-electron chi connectivity index (χ0n) is 11.3. The van der Waals surface area contributed by atoms with E-state index in [1.807, 2.05) is 20.8 Å². The molecule has 0 saturated heterocycles. The largest absolute Gasteiger partial charge is 0.465 e. The molecule has 0 fully saturated rings. The number of carbonyl (C=O) groups is 1. The van der Waals surface area contributed by atoms with Gasteiger partial charge in [-0.05, 0) is 20.3 Å². The van der Waals surface area contributed by atoms with Crippen LogP contribution in [0.2, 0.25) is 0 Å². The molecule has 3 N–H and O–H groups in total. The van der Waals surface area contributed by atoms with E-state index in [1.165, 1.54) is 0 Å². The Morgan fingerprint density at radius 1 is 1.22 bits per heavy atom. The number of hydrogen-bond donors (Lipinski definition) is 3. The third-order valence-electron chi connectivity index (χ3n) is 2.54. The molecule has 6 nitrogen and oxygen atoms in total. The van der Waals surface area contributed by atoms with Crippen molar-refractivity contribution >= 4 is 5.97 Å². The van der Waals surface area contributed by atoms with Crippen LogP contribution in [0.3, 0.4) is 0 Å². The molecule has 0 amide bonds. The van der Waals surface area contributed by atoms with Crippen molar-refractivity contribution in [2.45, 2.75) is 64.6 Å². The number of rotatable bonds is 9. The van der Waals surface area contributed by atoms with Crippen molar-refractivity contribution in [1.29, 1.82) is 0 Å². The third-order valence-corrected chi connectivity index (χ3v) is 2.54. The fraction of sp³-hybridized carbons (Fsp3) is 0.917. The smallest absolute Gasteiger partial charge is 0.305 e. The lowest BCUT2D eigenvalue weighted by atomic mass is 10.1. The minimum absolute atomic E-state index is 0.0430. The summed E-state index contributed by atoms with van der Waals surface area (Å²) in [6.45, 7) is 5.73. The second-order valence-corrected chi connectivity index (χ2v) is 4.71. The standard InChI is InChI=1S/C12H24O6/c1-4-12(2,3)18-11(16)7-8-17-10(15)6-5-9(13)14/h9,11,13-14,16H,4-8H2,1-3H3. The lowest BCUT2D eigenvalue weighted by Crippen LogP contribution is -2.30. The first-order valence-corrected chi connectivity index (χ1v) is 6.14. The number of carbonyl (C=O) groups excluding carboxylic acids is 1. The lowest BCUT2D eigenvalue weighted by molar-refractivity contribution is -0.182. The minimum atomic E-state index is -1.50. The molecule has 108 valence electrons. The predicted molar refractivity (Wildman–Crippen MR) is 64.5 cm³/mol. The summed E-state index contributed by atoms with van der Waals surface area (Å²) < 4.78 is 10.2. The number of esters is 1. The second kappa shape index (κ2) is 8.42. The molecule has 0 heterocycles. The van der Waals surface area contributed by atoms with E-state index in [9.17, 15) is 9.90 Å². The molecule has 18 heavy (non-hydrogen) atoms. The van der Waals surface area contributed by atoms with E-state index >= 15 is 0 Å². The van der Waals surface area contributed by atoms with E-state index in [0.29, 0.717) is 0 Å². The lowest BCUT2D eigenvalue weighted by Gasteiger charge is -2.26. The van der Waals surface area contributed by atoms with Gasteiger partial charge in [0, 0.05) is 12.8 Å². The van der Waals surface area contributed by atoms with Crippen molar-refractivity contribution in [2.75, 3.05) is 6.61 Å². The predicted octanol–water partition coefficient (Wildman–Crippen LogP) is 0.534. The average Bonchev–Trinajstić information content (AvgIpc) is 2.25. The molecule has 0 aromatic carbocycles. The number of aliphatic hydroxyl groups excluding tert-OH is 2. The van der Waals surface area contributed by atoms with Gasteiger partial charge in [-0.1, -0.05) is 6.92 Å². The quantitative estimate of drug-likeness (QED) is 0.415. The molecule has 0 aromatic heterocycles. The van der Waals surface area contributed by atoms with Gasteiger partial charge in [0.25, 0.3) is 0 Å². The van der Waals surface area contributed by atoms with E-state index < -0.39 is 24.2 Å². The van der Waals surface area contributed by atoms with Crippen molar-refractivity contribution < 1.29 is 29.6 Å². The molecule has 1 unspecified atom stereocenters. The summed E-state index contributed by atoms with van der Waals surface area (Å²) in [6.07, 6.45) is -1.64. The summed E-state index contributed by atoms with van der Waals surface area (Å²) in [5, 5.41) is 26.7. The topological polar surface area (TPSA) is 96.2 Å². The van der Waals surface area contributed by atoms with Crippen LogP contribution in [0.5, 0.6) is 0 Å². The SMILES string of the molecule is CCC(C)(C)OC(O)CCOC(=O)CCC(O)O. The Bertz CT molecular complexity index is 239. The van der Waals surface area contributed by atoms with Gasteiger partial charge >= 0.3 is 5.97 Å². The highest BCUT2D eigenvalue weighted by Crippen LogP contribution is 2.16. The Hall–Kier alpha value is -0.690. The molecule has 0 rings (SSSR count). The Balaban J connectivity index is 3.68. The minimum Gasteiger partial charge on any atom is -0.465 e. The molecule has 0 aliphatic carbocycles. The summed E-state index contributed by atoms with van der Waals surface area (Å²) in [7, 11) is 0. The highest BCUT2D eigenvalue weighted by atomic mass is 16.6. The zero-order chi connectivity index (χ0) is 14.2. The second-order valence-electron chi connectivity index (χ2n) is 4.71. The Morgan fingerprint density at radius 3 is 2.33 bits per heavy atom. The Morgan fingerprint density at radius 2 is 1.83 bits per heavy atom. The molecule has 0 spiro atoms. The van der Waals surface area contributed by atoms with E-state index in [2.05, 4.69) is 0 Å². The summed E-state index contributed by atoms with van der Waals surface area (Å²) in [5.41, 5.74) is -0.412. The summed E-state index contributed by atoms with van der Waals surface area (Å²) in [6, 6.07) is 0. The van der Waals surface area contributed by atoms with Gasteiger partial charge in [-0.3, -0.25) is 4.79 Å². The van der Waals surface area contributed by atoms with Crippen LogP contribution < -0.4 is 0 Å². The van der Waals surface area contributed by atoms with Gasteiger partial charge in [-0.15, -0.1) is 0 Å². The number of aliphatic hydroxyl groups is 3. The molecular weight excluding hydrogens is 240 g/mol. The summed E-state index contributed by atoms with van der Waals surface area (Å²) in [4.78, 5) is 11.1. The van der Waals surface area contributed by atoms with Crippen molar-refractivity contribution in [3.63, 3.8) is 0 Å². The number of ether oxygens (including phenoxy) is 2. The van der Waals surface area contributed by atoms with Crippen LogP contribution in [0.15, 0.2) is 0 Å². The van der Waals surface area contributed by atoms with Crippen LogP contribution in [-0.4, -0.2) is 46.1 Å². The van der Waals surface area contributed by atoms with Crippen molar-refractivity contribution in [3.05, 3.63) is 0 Å². The van der Waals surface area contributed by atoms with Gasteiger partial charge in [-0.2, -0.15) is 0 Å². The van der Waals surface area contributed by atoms with Gasteiger partial charge < -0.3 is 24.8 Å². The molecule has 0 saturated carbocycles. The Kier molecular flexibility index (Phi) is 8.10. The molecule has 0 aliphatic rings. The van der Waals surface area contributed by atoms with Crippen molar-refractivity contribution in [1.82, 2.24) is 0 Å². The Labute approximate surface area is 108 Å². The monoisotopic (exact) mass is 264 g/mol. The summed E-state index contributed by atoms with van der Waals surface area (Å²) in [5.74, 6) is -0.523. The maximum absolute atomic E-state index is 11.1. The maximum Gasteiger partial charge on any atom is 0.305 e. The van der Waals surface area contributed by atoms with E-state index in [1.54, 1.807) is 0 Å². The molecule has 6 heteroatoms. The van der Waals surface area contributed by atoms with Gasteiger partial charge in [0.05, 0.1) is 18.6 Å². The van der Waals surface area contributed by atoms with Crippen molar-refractivity contribution in [2.24, 2.45) is 0 Å². The van der Waals surface area contributed by atoms with Crippen LogP contribution in [0.4, 0.5) is 0 Å². The van der Waals surface area contributed by atoms with E-state index in [-0.39, 0.29) is 25.9 Å². The first-order valence-electron chi connectivity index (χ1n) is 6.14. The first kappa shape index (κ1) is 17.3. The van der Waals surface area contributed by atoms with Crippen molar-refractivity contribution in [3.8, 4) is 0 Å². The molecule has 0 aliphatic heterocycles. The van der Waals surface area contributed by atoms with E-state index in [4.69, 9.17) is 19.7 Å².